The van der Waals surface area contributed by atoms with Gasteiger partial charge in [0, 0.05) is 32.1 Å². The second-order valence-corrected chi connectivity index (χ2v) is 4.05. The van der Waals surface area contributed by atoms with E-state index in [0.717, 1.165) is 24.3 Å². The molecule has 5 nitrogen and oxygen atoms in total. The number of nitrogens with one attached hydrogen (secondary N) is 2. The monoisotopic (exact) mass is 251 g/mol. The van der Waals surface area contributed by atoms with Crippen molar-refractivity contribution in [1.82, 2.24) is 10.3 Å². The highest BCUT2D eigenvalue weighted by atomic mass is 16.5. The summed E-state index contributed by atoms with van der Waals surface area (Å²) in [4.78, 5) is 16.1. The second kappa shape index (κ2) is 7.66. The van der Waals surface area contributed by atoms with Crippen molar-refractivity contribution in [3.05, 3.63) is 23.5 Å². The number of rotatable bonds is 7. The quantitative estimate of drug-likeness (QED) is 0.722. The number of hydrogen-bond donors (Lipinski definition) is 2. The second-order valence-electron chi connectivity index (χ2n) is 4.05. The zero-order valence-corrected chi connectivity index (χ0v) is 11.2. The average Bonchev–Trinajstić information content (AvgIpc) is 2.36. The topological polar surface area (TPSA) is 63.2 Å². The summed E-state index contributed by atoms with van der Waals surface area (Å²) >= 11 is 0. The molecular weight excluding hydrogens is 230 g/mol. The first kappa shape index (κ1) is 14.4. The number of hydrogen-bond acceptors (Lipinski definition) is 4. The summed E-state index contributed by atoms with van der Waals surface area (Å²) in [6.07, 6.45) is 2.61. The van der Waals surface area contributed by atoms with E-state index in [0.29, 0.717) is 18.7 Å². The van der Waals surface area contributed by atoms with Gasteiger partial charge in [-0.1, -0.05) is 6.92 Å². The van der Waals surface area contributed by atoms with Crippen LogP contribution in [0.2, 0.25) is 0 Å². The van der Waals surface area contributed by atoms with Gasteiger partial charge in [-0.3, -0.25) is 9.78 Å². The predicted octanol–water partition coefficient (Wildman–Crippen LogP) is 1.59. The molecule has 0 fully saturated rings. The molecule has 0 spiro atoms. The van der Waals surface area contributed by atoms with Gasteiger partial charge >= 0.3 is 0 Å². The lowest BCUT2D eigenvalue weighted by atomic mass is 10.2. The van der Waals surface area contributed by atoms with Crippen LogP contribution in [0.4, 0.5) is 5.69 Å². The fourth-order valence-corrected chi connectivity index (χ4v) is 1.51. The highest BCUT2D eigenvalue weighted by molar-refractivity contribution is 5.99. The van der Waals surface area contributed by atoms with Crippen LogP contribution in [0.5, 0.6) is 0 Å². The smallest absolute Gasteiger partial charge is 0.255 e. The Labute approximate surface area is 108 Å². The van der Waals surface area contributed by atoms with E-state index in [1.165, 1.54) is 0 Å². The Morgan fingerprint density at radius 1 is 1.44 bits per heavy atom. The number of anilines is 1. The van der Waals surface area contributed by atoms with Crippen LogP contribution in [0, 0.1) is 6.92 Å². The standard InChI is InChI=1S/C13H21N3O2/c1-4-5-14-12-8-10(2)16-9-11(12)13(17)15-6-7-18-3/h8-9H,4-7H2,1-3H3,(H,14,16)(H,15,17). The number of ether oxygens (including phenoxy) is 1. The third-order valence-electron chi connectivity index (χ3n) is 2.44. The number of carbonyl (C=O) groups excluding carboxylic acids is 1. The summed E-state index contributed by atoms with van der Waals surface area (Å²) in [6.45, 7) is 5.82. The highest BCUT2D eigenvalue weighted by Crippen LogP contribution is 2.15. The lowest BCUT2D eigenvalue weighted by molar-refractivity contribution is 0.0937. The van der Waals surface area contributed by atoms with Gasteiger partial charge in [0.1, 0.15) is 0 Å². The molecule has 0 bridgehead atoms. The Balaban J connectivity index is 2.75. The zero-order chi connectivity index (χ0) is 13.4. The van der Waals surface area contributed by atoms with Crippen LogP contribution < -0.4 is 10.6 Å². The maximum absolute atomic E-state index is 12.0. The van der Waals surface area contributed by atoms with Gasteiger partial charge in [-0.15, -0.1) is 0 Å². The molecule has 0 radical (unpaired) electrons. The molecule has 1 heterocycles. The van der Waals surface area contributed by atoms with Crippen molar-refractivity contribution in [2.24, 2.45) is 0 Å². The van der Waals surface area contributed by atoms with E-state index in [2.05, 4.69) is 22.5 Å². The first-order valence-corrected chi connectivity index (χ1v) is 6.16. The van der Waals surface area contributed by atoms with E-state index in [-0.39, 0.29) is 5.91 Å². The fraction of sp³-hybridized carbons (Fsp3) is 0.538. The summed E-state index contributed by atoms with van der Waals surface area (Å²) in [7, 11) is 1.60. The molecule has 1 aromatic rings. The average molecular weight is 251 g/mol. The Hall–Kier alpha value is -1.62. The van der Waals surface area contributed by atoms with E-state index in [1.54, 1.807) is 13.3 Å². The molecule has 0 saturated heterocycles. The Morgan fingerprint density at radius 3 is 2.89 bits per heavy atom. The number of nitrogens with zero attached hydrogens (tertiary/aromatic N) is 1. The predicted molar refractivity (Wildman–Crippen MR) is 72.0 cm³/mol. The van der Waals surface area contributed by atoms with Gasteiger partial charge in [0.2, 0.25) is 0 Å². The summed E-state index contributed by atoms with van der Waals surface area (Å²) in [5.74, 6) is -0.127. The minimum absolute atomic E-state index is 0.127. The van der Waals surface area contributed by atoms with Crippen molar-refractivity contribution in [1.29, 1.82) is 0 Å². The van der Waals surface area contributed by atoms with Gasteiger partial charge in [0.15, 0.2) is 0 Å². The molecule has 0 aliphatic carbocycles. The van der Waals surface area contributed by atoms with Crippen molar-refractivity contribution < 1.29 is 9.53 Å². The van der Waals surface area contributed by atoms with Gasteiger partial charge in [0.05, 0.1) is 17.9 Å². The van der Waals surface area contributed by atoms with Crippen LogP contribution in [0.3, 0.4) is 0 Å². The van der Waals surface area contributed by atoms with Gasteiger partial charge < -0.3 is 15.4 Å². The maximum Gasteiger partial charge on any atom is 0.255 e. The maximum atomic E-state index is 12.0. The summed E-state index contributed by atoms with van der Waals surface area (Å²) < 4.78 is 4.90. The fourth-order valence-electron chi connectivity index (χ4n) is 1.51. The van der Waals surface area contributed by atoms with Crippen molar-refractivity contribution in [2.45, 2.75) is 20.3 Å². The van der Waals surface area contributed by atoms with Crippen LogP contribution in [-0.2, 0) is 4.74 Å². The van der Waals surface area contributed by atoms with E-state index in [9.17, 15) is 4.79 Å². The third kappa shape index (κ3) is 4.33. The first-order valence-electron chi connectivity index (χ1n) is 6.16. The Morgan fingerprint density at radius 2 is 2.22 bits per heavy atom. The van der Waals surface area contributed by atoms with Crippen molar-refractivity contribution >= 4 is 11.6 Å². The number of aromatic nitrogens is 1. The molecule has 100 valence electrons. The molecular formula is C13H21N3O2. The molecule has 0 aliphatic heterocycles. The largest absolute Gasteiger partial charge is 0.384 e. The van der Waals surface area contributed by atoms with Crippen LogP contribution in [0.1, 0.15) is 29.4 Å². The molecule has 2 N–H and O–H groups in total. The van der Waals surface area contributed by atoms with E-state index < -0.39 is 0 Å². The SMILES string of the molecule is CCCNc1cc(C)ncc1C(=O)NCCOC. The molecule has 0 saturated carbocycles. The molecule has 1 amide bonds. The lowest BCUT2D eigenvalue weighted by Crippen LogP contribution is -2.28. The molecule has 0 aromatic carbocycles. The minimum atomic E-state index is -0.127. The molecule has 5 heteroatoms. The number of aryl methyl sites for hydroxylation is 1. The molecule has 0 atom stereocenters. The molecule has 0 aliphatic rings. The van der Waals surface area contributed by atoms with E-state index in [4.69, 9.17) is 4.74 Å². The normalized spacial score (nSPS) is 10.2. The first-order chi connectivity index (χ1) is 8.69. The van der Waals surface area contributed by atoms with Gasteiger partial charge in [-0.05, 0) is 19.4 Å². The third-order valence-corrected chi connectivity index (χ3v) is 2.44. The summed E-state index contributed by atoms with van der Waals surface area (Å²) in [5, 5.41) is 6.04. The number of methoxy groups -OCH3 is 1. The Kier molecular flexibility index (Phi) is 6.14. The van der Waals surface area contributed by atoms with Crippen LogP contribution in [0.25, 0.3) is 0 Å². The van der Waals surface area contributed by atoms with Crippen LogP contribution in [-0.4, -0.2) is 37.7 Å². The summed E-state index contributed by atoms with van der Waals surface area (Å²) in [5.41, 5.74) is 2.30. The Bertz CT molecular complexity index is 394. The van der Waals surface area contributed by atoms with Crippen molar-refractivity contribution in [2.75, 3.05) is 32.1 Å². The number of amides is 1. The lowest BCUT2D eigenvalue weighted by Gasteiger charge is -2.12. The van der Waals surface area contributed by atoms with E-state index in [1.807, 2.05) is 13.0 Å². The minimum Gasteiger partial charge on any atom is -0.384 e. The van der Waals surface area contributed by atoms with Crippen molar-refractivity contribution in [3.63, 3.8) is 0 Å². The van der Waals surface area contributed by atoms with E-state index >= 15 is 0 Å². The highest BCUT2D eigenvalue weighted by Gasteiger charge is 2.11. The van der Waals surface area contributed by atoms with Crippen LogP contribution >= 0.6 is 0 Å². The zero-order valence-electron chi connectivity index (χ0n) is 11.2. The van der Waals surface area contributed by atoms with Gasteiger partial charge in [-0.25, -0.2) is 0 Å². The molecule has 0 unspecified atom stereocenters. The molecule has 1 rings (SSSR count). The summed E-state index contributed by atoms with van der Waals surface area (Å²) in [6, 6.07) is 1.89. The number of pyridine rings is 1. The van der Waals surface area contributed by atoms with Gasteiger partial charge in [-0.2, -0.15) is 0 Å². The number of carbonyl (C=O) groups is 1. The van der Waals surface area contributed by atoms with Crippen LogP contribution in [0.15, 0.2) is 12.3 Å². The van der Waals surface area contributed by atoms with Gasteiger partial charge in [0.25, 0.3) is 5.91 Å². The molecule has 1 aromatic heterocycles. The van der Waals surface area contributed by atoms with Crippen molar-refractivity contribution in [3.8, 4) is 0 Å². The molecule has 18 heavy (non-hydrogen) atoms.